The first-order chi connectivity index (χ1) is 8.88. The van der Waals surface area contributed by atoms with Crippen LogP contribution in [-0.4, -0.2) is 12.6 Å². The number of hydrogen-bond donors (Lipinski definition) is 2. The topological polar surface area (TPSA) is 38.0 Å². The summed E-state index contributed by atoms with van der Waals surface area (Å²) in [5, 5.41) is 3.53. The lowest BCUT2D eigenvalue weighted by Gasteiger charge is -2.23. The van der Waals surface area contributed by atoms with Gasteiger partial charge in [0.1, 0.15) is 0 Å². The van der Waals surface area contributed by atoms with Crippen molar-refractivity contribution in [1.29, 1.82) is 0 Å². The van der Waals surface area contributed by atoms with Crippen molar-refractivity contribution in [1.82, 2.24) is 5.32 Å². The van der Waals surface area contributed by atoms with Gasteiger partial charge in [0.15, 0.2) is 0 Å². The molecule has 2 nitrogen and oxygen atoms in total. The minimum absolute atomic E-state index is 0.157. The van der Waals surface area contributed by atoms with Crippen molar-refractivity contribution >= 4 is 0 Å². The van der Waals surface area contributed by atoms with Gasteiger partial charge in [0, 0.05) is 12.1 Å². The zero-order valence-corrected chi connectivity index (χ0v) is 12.8. The Kier molecular flexibility index (Phi) is 4.32. The van der Waals surface area contributed by atoms with Gasteiger partial charge in [-0.3, -0.25) is 0 Å². The van der Waals surface area contributed by atoms with Crippen LogP contribution in [-0.2, 0) is 5.41 Å². The van der Waals surface area contributed by atoms with Gasteiger partial charge >= 0.3 is 0 Å². The van der Waals surface area contributed by atoms with Crippen LogP contribution in [0, 0.1) is 6.92 Å². The summed E-state index contributed by atoms with van der Waals surface area (Å²) < 4.78 is 0. The molecule has 0 aromatic heterocycles. The van der Waals surface area contributed by atoms with Crippen molar-refractivity contribution in [3.63, 3.8) is 0 Å². The van der Waals surface area contributed by atoms with Gasteiger partial charge < -0.3 is 11.1 Å². The molecule has 106 valence electrons. The van der Waals surface area contributed by atoms with Crippen LogP contribution in [0.1, 0.15) is 62.8 Å². The molecule has 1 saturated heterocycles. The normalized spacial score (nSPS) is 21.6. The van der Waals surface area contributed by atoms with Gasteiger partial charge in [-0.1, -0.05) is 39.0 Å². The van der Waals surface area contributed by atoms with Gasteiger partial charge in [0.25, 0.3) is 0 Å². The van der Waals surface area contributed by atoms with Crippen molar-refractivity contribution in [2.45, 2.75) is 64.5 Å². The maximum atomic E-state index is 6.39. The maximum absolute atomic E-state index is 6.39. The highest BCUT2D eigenvalue weighted by Gasteiger charge is 2.20. The Bertz CT molecular complexity index is 425. The van der Waals surface area contributed by atoms with E-state index in [4.69, 9.17) is 5.73 Å². The third kappa shape index (κ3) is 3.58. The van der Waals surface area contributed by atoms with Crippen LogP contribution in [0.2, 0.25) is 0 Å². The third-order valence-electron chi connectivity index (χ3n) is 4.24. The monoisotopic (exact) mass is 260 g/mol. The van der Waals surface area contributed by atoms with Gasteiger partial charge in [-0.2, -0.15) is 0 Å². The van der Waals surface area contributed by atoms with Gasteiger partial charge in [-0.05, 0) is 54.8 Å². The molecule has 2 atom stereocenters. The van der Waals surface area contributed by atoms with Crippen LogP contribution in [0.5, 0.6) is 0 Å². The standard InChI is InChI=1S/C17H28N2/c1-12-10-13(17(2,3)4)7-8-15(12)16(18)11-14-6-5-9-19-14/h7-8,10,14,16,19H,5-6,9,11,18H2,1-4H3. The molecule has 1 aliphatic heterocycles. The molecule has 0 spiro atoms. The number of benzene rings is 1. The molecule has 1 aromatic carbocycles. The average Bonchev–Trinajstić information content (AvgIpc) is 2.80. The molecule has 2 heteroatoms. The Morgan fingerprint density at radius 1 is 1.37 bits per heavy atom. The fourth-order valence-corrected chi connectivity index (χ4v) is 2.95. The summed E-state index contributed by atoms with van der Waals surface area (Å²) in [5.74, 6) is 0. The Morgan fingerprint density at radius 2 is 2.11 bits per heavy atom. The minimum Gasteiger partial charge on any atom is -0.324 e. The average molecular weight is 260 g/mol. The number of nitrogens with one attached hydrogen (secondary N) is 1. The largest absolute Gasteiger partial charge is 0.324 e. The summed E-state index contributed by atoms with van der Waals surface area (Å²) in [6, 6.07) is 7.54. The van der Waals surface area contributed by atoms with Crippen molar-refractivity contribution < 1.29 is 0 Å². The molecule has 0 radical (unpaired) electrons. The molecular weight excluding hydrogens is 232 g/mol. The summed E-state index contributed by atoms with van der Waals surface area (Å²) in [4.78, 5) is 0. The first kappa shape index (κ1) is 14.5. The van der Waals surface area contributed by atoms with E-state index < -0.39 is 0 Å². The molecule has 0 aliphatic carbocycles. The highest BCUT2D eigenvalue weighted by atomic mass is 14.9. The molecule has 19 heavy (non-hydrogen) atoms. The smallest absolute Gasteiger partial charge is 0.0312 e. The SMILES string of the molecule is Cc1cc(C(C)(C)C)ccc1C(N)CC1CCCN1. The fraction of sp³-hybridized carbons (Fsp3) is 0.647. The van der Waals surface area contributed by atoms with E-state index in [1.165, 1.54) is 29.5 Å². The molecule has 1 fully saturated rings. The lowest BCUT2D eigenvalue weighted by Crippen LogP contribution is -2.27. The van der Waals surface area contributed by atoms with E-state index in [0.29, 0.717) is 6.04 Å². The van der Waals surface area contributed by atoms with Crippen LogP contribution in [0.4, 0.5) is 0 Å². The molecule has 1 aliphatic rings. The Morgan fingerprint density at radius 3 is 2.63 bits per heavy atom. The third-order valence-corrected chi connectivity index (χ3v) is 4.24. The Balaban J connectivity index is 2.11. The molecule has 2 unspecified atom stereocenters. The molecule has 3 N–H and O–H groups in total. The van der Waals surface area contributed by atoms with Crippen molar-refractivity contribution in [2.24, 2.45) is 5.73 Å². The van der Waals surface area contributed by atoms with Crippen molar-refractivity contribution in [3.8, 4) is 0 Å². The Hall–Kier alpha value is -0.860. The van der Waals surface area contributed by atoms with Gasteiger partial charge in [-0.15, -0.1) is 0 Å². The Labute approximate surface area is 117 Å². The van der Waals surface area contributed by atoms with E-state index >= 15 is 0 Å². The van der Waals surface area contributed by atoms with E-state index in [1.807, 2.05) is 0 Å². The number of aryl methyl sites for hydroxylation is 1. The fourth-order valence-electron chi connectivity index (χ4n) is 2.95. The zero-order valence-electron chi connectivity index (χ0n) is 12.8. The second-order valence-corrected chi connectivity index (χ2v) is 6.96. The molecule has 0 bridgehead atoms. The lowest BCUT2D eigenvalue weighted by molar-refractivity contribution is 0.497. The summed E-state index contributed by atoms with van der Waals surface area (Å²) in [6.45, 7) is 10.1. The van der Waals surface area contributed by atoms with E-state index in [-0.39, 0.29) is 11.5 Å². The lowest BCUT2D eigenvalue weighted by atomic mass is 9.84. The summed E-state index contributed by atoms with van der Waals surface area (Å²) in [7, 11) is 0. The molecule has 1 aromatic rings. The van der Waals surface area contributed by atoms with Gasteiger partial charge in [-0.25, -0.2) is 0 Å². The van der Waals surface area contributed by atoms with Gasteiger partial charge in [0.05, 0.1) is 0 Å². The van der Waals surface area contributed by atoms with Crippen LogP contribution in [0.3, 0.4) is 0 Å². The molecule has 2 rings (SSSR count). The number of nitrogens with two attached hydrogens (primary N) is 1. The molecule has 0 saturated carbocycles. The predicted octanol–water partition coefficient (Wildman–Crippen LogP) is 3.43. The second kappa shape index (κ2) is 5.64. The number of hydrogen-bond acceptors (Lipinski definition) is 2. The first-order valence-corrected chi connectivity index (χ1v) is 7.48. The van der Waals surface area contributed by atoms with Crippen LogP contribution in [0.25, 0.3) is 0 Å². The van der Waals surface area contributed by atoms with E-state index in [9.17, 15) is 0 Å². The summed E-state index contributed by atoms with van der Waals surface area (Å²) in [6.07, 6.45) is 3.61. The minimum atomic E-state index is 0.157. The zero-order chi connectivity index (χ0) is 14.0. The summed E-state index contributed by atoms with van der Waals surface area (Å²) in [5.41, 5.74) is 10.6. The van der Waals surface area contributed by atoms with Crippen molar-refractivity contribution in [2.75, 3.05) is 6.54 Å². The number of rotatable bonds is 3. The first-order valence-electron chi connectivity index (χ1n) is 7.48. The van der Waals surface area contributed by atoms with E-state index in [2.05, 4.69) is 51.2 Å². The molecule has 0 amide bonds. The van der Waals surface area contributed by atoms with Gasteiger partial charge in [0.2, 0.25) is 0 Å². The van der Waals surface area contributed by atoms with Crippen LogP contribution >= 0.6 is 0 Å². The van der Waals surface area contributed by atoms with E-state index in [0.717, 1.165) is 13.0 Å². The van der Waals surface area contributed by atoms with Crippen molar-refractivity contribution in [3.05, 3.63) is 34.9 Å². The highest BCUT2D eigenvalue weighted by molar-refractivity contribution is 5.36. The molecular formula is C17H28N2. The van der Waals surface area contributed by atoms with Crippen LogP contribution < -0.4 is 11.1 Å². The highest BCUT2D eigenvalue weighted by Crippen LogP contribution is 2.28. The quantitative estimate of drug-likeness (QED) is 0.873. The summed E-state index contributed by atoms with van der Waals surface area (Å²) >= 11 is 0. The second-order valence-electron chi connectivity index (χ2n) is 6.96. The predicted molar refractivity (Wildman–Crippen MR) is 82.4 cm³/mol. The van der Waals surface area contributed by atoms with Crippen LogP contribution in [0.15, 0.2) is 18.2 Å². The maximum Gasteiger partial charge on any atom is 0.0312 e. The molecule has 1 heterocycles. The van der Waals surface area contributed by atoms with E-state index in [1.54, 1.807) is 0 Å².